The topological polar surface area (TPSA) is 110 Å². The molecule has 0 radical (unpaired) electrons. The van der Waals surface area contributed by atoms with Crippen molar-refractivity contribution >= 4 is 27.1 Å². The third-order valence-electron chi connectivity index (χ3n) is 4.78. The highest BCUT2D eigenvalue weighted by molar-refractivity contribution is 7.89. The molecule has 0 amide bonds. The number of sulfonamides is 1. The molecule has 1 aromatic carbocycles. The van der Waals surface area contributed by atoms with E-state index in [0.29, 0.717) is 18.4 Å². The largest absolute Gasteiger partial charge is 0.481 e. The Labute approximate surface area is 151 Å². The summed E-state index contributed by atoms with van der Waals surface area (Å²) in [6, 6.07) is 4.35. The molecule has 0 bridgehead atoms. The van der Waals surface area contributed by atoms with E-state index in [-0.39, 0.29) is 41.9 Å². The molecule has 26 heavy (non-hydrogen) atoms. The van der Waals surface area contributed by atoms with Gasteiger partial charge in [-0.25, -0.2) is 13.2 Å². The molecule has 0 atom stereocenters. The molecule has 2 aromatic rings. The van der Waals surface area contributed by atoms with Crippen molar-refractivity contribution in [3.8, 4) is 0 Å². The second-order valence-corrected chi connectivity index (χ2v) is 8.84. The van der Waals surface area contributed by atoms with Crippen molar-refractivity contribution in [2.45, 2.75) is 44.0 Å². The molecule has 0 unspecified atom stereocenters. The van der Waals surface area contributed by atoms with Crippen LogP contribution < -0.4 is 5.76 Å². The maximum absolute atomic E-state index is 12.9. The molecule has 9 heteroatoms. The molecule has 2 heterocycles. The van der Waals surface area contributed by atoms with Crippen LogP contribution in [0.25, 0.3) is 11.1 Å². The highest BCUT2D eigenvalue weighted by Crippen LogP contribution is 2.27. The highest BCUT2D eigenvalue weighted by Gasteiger charge is 2.30. The van der Waals surface area contributed by atoms with Gasteiger partial charge in [0, 0.05) is 31.6 Å². The van der Waals surface area contributed by atoms with Gasteiger partial charge in [0.2, 0.25) is 10.0 Å². The number of aliphatic carboxylic acids is 1. The fraction of sp³-hybridized carbons (Fsp3) is 0.529. The number of carboxylic acids is 1. The van der Waals surface area contributed by atoms with Crippen molar-refractivity contribution in [3.63, 3.8) is 0 Å². The Balaban J connectivity index is 1.86. The first-order valence-corrected chi connectivity index (χ1v) is 10.0. The van der Waals surface area contributed by atoms with Crippen molar-refractivity contribution in [1.29, 1.82) is 0 Å². The normalized spacial score (nSPS) is 17.2. The summed E-state index contributed by atoms with van der Waals surface area (Å²) in [5.74, 6) is -1.37. The molecule has 1 saturated heterocycles. The number of benzene rings is 1. The number of carbonyl (C=O) groups is 1. The Morgan fingerprint density at radius 1 is 1.31 bits per heavy atom. The summed E-state index contributed by atoms with van der Waals surface area (Å²) in [5.41, 5.74) is 0.801. The monoisotopic (exact) mass is 382 g/mol. The minimum atomic E-state index is -3.71. The smallest absolute Gasteiger partial charge is 0.420 e. The van der Waals surface area contributed by atoms with Gasteiger partial charge in [0.15, 0.2) is 5.58 Å². The van der Waals surface area contributed by atoms with Crippen molar-refractivity contribution in [2.75, 3.05) is 13.1 Å². The molecule has 142 valence electrons. The second kappa shape index (κ2) is 6.88. The van der Waals surface area contributed by atoms with E-state index in [0.717, 1.165) is 0 Å². The summed E-state index contributed by atoms with van der Waals surface area (Å²) in [4.78, 5) is 22.8. The molecule has 1 aromatic heterocycles. The van der Waals surface area contributed by atoms with Crippen LogP contribution in [0.2, 0.25) is 0 Å². The van der Waals surface area contributed by atoms with Crippen molar-refractivity contribution in [1.82, 2.24) is 8.87 Å². The lowest BCUT2D eigenvalue weighted by atomic mass is 9.95. The van der Waals surface area contributed by atoms with Gasteiger partial charge < -0.3 is 9.52 Å². The zero-order chi connectivity index (χ0) is 19.1. The van der Waals surface area contributed by atoms with Gasteiger partial charge in [0.05, 0.1) is 10.4 Å². The molecule has 0 saturated carbocycles. The fourth-order valence-corrected chi connectivity index (χ4v) is 4.90. The Bertz CT molecular complexity index is 980. The summed E-state index contributed by atoms with van der Waals surface area (Å²) in [6.07, 6.45) is 1.10. The van der Waals surface area contributed by atoms with Gasteiger partial charge in [-0.15, -0.1) is 0 Å². The first-order valence-electron chi connectivity index (χ1n) is 8.57. The summed E-state index contributed by atoms with van der Waals surface area (Å²) in [5, 5.41) is 8.86. The number of hydrogen-bond donors (Lipinski definition) is 1. The molecule has 3 rings (SSSR count). The third-order valence-corrected chi connectivity index (χ3v) is 6.67. The SMILES string of the molecule is CC(C)n1c(=O)oc2cc(S(=O)(=O)N3CCC(CC(=O)O)CC3)ccc21. The zero-order valence-electron chi connectivity index (χ0n) is 14.7. The average molecular weight is 382 g/mol. The van der Waals surface area contributed by atoms with Crippen molar-refractivity contribution < 1.29 is 22.7 Å². The first-order chi connectivity index (χ1) is 12.2. The van der Waals surface area contributed by atoms with Crippen LogP contribution in [0, 0.1) is 5.92 Å². The van der Waals surface area contributed by atoms with Crippen LogP contribution in [0.3, 0.4) is 0 Å². The zero-order valence-corrected chi connectivity index (χ0v) is 15.5. The number of oxazole rings is 1. The van der Waals surface area contributed by atoms with Crippen LogP contribution in [-0.2, 0) is 14.8 Å². The Hall–Kier alpha value is -2.13. The molecular weight excluding hydrogens is 360 g/mol. The predicted octanol–water partition coefficient (Wildman–Crippen LogP) is 2.05. The van der Waals surface area contributed by atoms with Crippen LogP contribution in [-0.4, -0.2) is 41.5 Å². The van der Waals surface area contributed by atoms with E-state index >= 15 is 0 Å². The van der Waals surface area contributed by atoms with Gasteiger partial charge >= 0.3 is 11.7 Å². The Kier molecular flexibility index (Phi) is 4.94. The number of aromatic nitrogens is 1. The van der Waals surface area contributed by atoms with Crippen LogP contribution in [0.15, 0.2) is 32.3 Å². The van der Waals surface area contributed by atoms with E-state index in [9.17, 15) is 18.0 Å². The van der Waals surface area contributed by atoms with E-state index in [1.165, 1.54) is 21.0 Å². The van der Waals surface area contributed by atoms with Crippen LogP contribution in [0.4, 0.5) is 0 Å². The molecule has 1 fully saturated rings. The van der Waals surface area contributed by atoms with Gasteiger partial charge in [-0.1, -0.05) is 0 Å². The first kappa shape index (κ1) is 18.7. The minimum Gasteiger partial charge on any atom is -0.481 e. The van der Waals surface area contributed by atoms with Crippen LogP contribution >= 0.6 is 0 Å². The van der Waals surface area contributed by atoms with Crippen molar-refractivity contribution in [2.24, 2.45) is 5.92 Å². The van der Waals surface area contributed by atoms with Crippen molar-refractivity contribution in [3.05, 3.63) is 28.7 Å². The summed E-state index contributed by atoms with van der Waals surface area (Å²) < 4.78 is 33.8. The van der Waals surface area contributed by atoms with Gasteiger partial charge in [-0.2, -0.15) is 4.31 Å². The molecule has 0 spiro atoms. The van der Waals surface area contributed by atoms with E-state index in [1.807, 2.05) is 13.8 Å². The fourth-order valence-electron chi connectivity index (χ4n) is 3.42. The van der Waals surface area contributed by atoms with Crippen LogP contribution in [0.5, 0.6) is 0 Å². The van der Waals surface area contributed by atoms with Gasteiger partial charge in [-0.3, -0.25) is 9.36 Å². The van der Waals surface area contributed by atoms with Gasteiger partial charge in [0.25, 0.3) is 0 Å². The standard InChI is InChI=1S/C17H22N2O6S/c1-11(2)19-14-4-3-13(10-15(14)25-17(19)22)26(23,24)18-7-5-12(6-8-18)9-16(20)21/h3-4,10-12H,5-9H2,1-2H3,(H,20,21). The molecule has 0 aliphatic carbocycles. The number of rotatable bonds is 5. The van der Waals surface area contributed by atoms with E-state index in [4.69, 9.17) is 9.52 Å². The quantitative estimate of drug-likeness (QED) is 0.847. The summed E-state index contributed by atoms with van der Waals surface area (Å²) in [7, 11) is -3.71. The molecule has 1 aliphatic rings. The molecule has 8 nitrogen and oxygen atoms in total. The lowest BCUT2D eigenvalue weighted by Crippen LogP contribution is -2.38. The lowest BCUT2D eigenvalue weighted by Gasteiger charge is -2.30. The Morgan fingerprint density at radius 3 is 2.54 bits per heavy atom. The maximum Gasteiger partial charge on any atom is 0.420 e. The highest BCUT2D eigenvalue weighted by atomic mass is 32.2. The number of nitrogens with zero attached hydrogens (tertiary/aromatic N) is 2. The van der Waals surface area contributed by atoms with E-state index in [2.05, 4.69) is 0 Å². The maximum atomic E-state index is 12.9. The third kappa shape index (κ3) is 3.41. The lowest BCUT2D eigenvalue weighted by molar-refractivity contribution is -0.138. The molecule has 1 aliphatic heterocycles. The van der Waals surface area contributed by atoms with Crippen LogP contribution in [0.1, 0.15) is 39.2 Å². The second-order valence-electron chi connectivity index (χ2n) is 6.91. The number of carboxylic acid groups (broad SMARTS) is 1. The Morgan fingerprint density at radius 2 is 1.96 bits per heavy atom. The molecule has 1 N–H and O–H groups in total. The van der Waals surface area contributed by atoms with E-state index in [1.54, 1.807) is 6.07 Å². The summed E-state index contributed by atoms with van der Waals surface area (Å²) >= 11 is 0. The minimum absolute atomic E-state index is 0.000439. The average Bonchev–Trinajstić information content (AvgIpc) is 2.89. The number of hydrogen-bond acceptors (Lipinski definition) is 5. The molecular formula is C17H22N2O6S. The predicted molar refractivity (Wildman–Crippen MR) is 94.6 cm³/mol. The number of piperidine rings is 1. The number of fused-ring (bicyclic) bond motifs is 1. The summed E-state index contributed by atoms with van der Waals surface area (Å²) in [6.45, 7) is 4.27. The van der Waals surface area contributed by atoms with Gasteiger partial charge in [0.1, 0.15) is 0 Å². The van der Waals surface area contributed by atoms with Gasteiger partial charge in [-0.05, 0) is 44.7 Å². The van der Waals surface area contributed by atoms with E-state index < -0.39 is 21.7 Å².